The molecule has 3 atom stereocenters. The molecule has 8 heteroatoms. The van der Waals surface area contributed by atoms with Gasteiger partial charge < -0.3 is 24.9 Å². The van der Waals surface area contributed by atoms with Gasteiger partial charge >= 0.3 is 0 Å². The number of aromatic nitrogens is 4. The zero-order valence-electron chi connectivity index (χ0n) is 16.0. The first-order chi connectivity index (χ1) is 12.2. The summed E-state index contributed by atoms with van der Waals surface area (Å²) in [5.74, 6) is 0.676. The van der Waals surface area contributed by atoms with E-state index in [9.17, 15) is 9.90 Å². The highest BCUT2D eigenvalue weighted by molar-refractivity contribution is 5.83. The number of aromatic amines is 1. The third kappa shape index (κ3) is 3.39. The highest BCUT2D eigenvalue weighted by atomic mass is 16.3. The number of nitrogens with one attached hydrogen (secondary N) is 2. The lowest BCUT2D eigenvalue weighted by Gasteiger charge is -2.34. The van der Waals surface area contributed by atoms with Crippen molar-refractivity contribution >= 4 is 5.91 Å². The van der Waals surface area contributed by atoms with Crippen LogP contribution < -0.4 is 5.32 Å². The minimum Gasteiger partial charge on any atom is -0.391 e. The van der Waals surface area contributed by atoms with Gasteiger partial charge in [-0.1, -0.05) is 20.8 Å². The van der Waals surface area contributed by atoms with E-state index in [1.807, 2.05) is 32.4 Å². The quantitative estimate of drug-likeness (QED) is 0.758. The van der Waals surface area contributed by atoms with Crippen molar-refractivity contribution in [1.82, 2.24) is 29.7 Å². The van der Waals surface area contributed by atoms with E-state index in [0.29, 0.717) is 18.8 Å². The van der Waals surface area contributed by atoms with E-state index < -0.39 is 6.10 Å². The molecule has 3 heterocycles. The second kappa shape index (κ2) is 6.85. The molecule has 142 valence electrons. The van der Waals surface area contributed by atoms with Gasteiger partial charge in [0.2, 0.25) is 5.91 Å². The molecule has 0 saturated carbocycles. The lowest BCUT2D eigenvalue weighted by atomic mass is 9.86. The molecule has 1 aliphatic heterocycles. The summed E-state index contributed by atoms with van der Waals surface area (Å²) < 4.78 is 1.90. The van der Waals surface area contributed by atoms with Crippen LogP contribution in [0.1, 0.15) is 39.1 Å². The molecule has 1 saturated heterocycles. The number of β-amino-alcohol motifs (C(OH)–C–C–N with tert-alkyl or cyclic N) is 1. The topological polar surface area (TPSA) is 99.1 Å². The smallest absolute Gasteiger partial charge is 0.240 e. The molecule has 0 bridgehead atoms. The van der Waals surface area contributed by atoms with Gasteiger partial charge in [-0.15, -0.1) is 0 Å². The number of hydrogen-bond acceptors (Lipinski definition) is 5. The molecular formula is C18H28N6O2. The first-order valence-electron chi connectivity index (χ1n) is 8.89. The van der Waals surface area contributed by atoms with Crippen LogP contribution in [0, 0.1) is 5.41 Å². The van der Waals surface area contributed by atoms with Crippen LogP contribution in [0.3, 0.4) is 0 Å². The van der Waals surface area contributed by atoms with E-state index in [-0.39, 0.29) is 23.4 Å². The highest BCUT2D eigenvalue weighted by Gasteiger charge is 2.42. The van der Waals surface area contributed by atoms with Crippen LogP contribution in [0.15, 0.2) is 18.7 Å². The minimum atomic E-state index is -0.549. The number of carbonyl (C=O) groups excluding carboxylic acids is 1. The predicted octanol–water partition coefficient (Wildman–Crippen LogP) is 1.08. The maximum absolute atomic E-state index is 13.1. The fourth-order valence-electron chi connectivity index (χ4n) is 3.66. The van der Waals surface area contributed by atoms with Crippen LogP contribution in [0.5, 0.6) is 0 Å². The first kappa shape index (κ1) is 18.6. The number of likely N-dealkylation sites (tertiary alicyclic amines) is 1. The van der Waals surface area contributed by atoms with Crippen molar-refractivity contribution in [1.29, 1.82) is 0 Å². The van der Waals surface area contributed by atoms with Gasteiger partial charge in [-0.25, -0.2) is 9.97 Å². The zero-order valence-corrected chi connectivity index (χ0v) is 16.0. The standard InChI is InChI=1S/C18H28N6O2/c1-18(2,3)15(19-4)17(26)24-9-11(25)6-13(24)16-21-7-12(22-16)14-8-20-10-23(14)5/h7-8,10-11,13,15,19,25H,6,9H2,1-5H3,(H,21,22)/t11-,13+,15-/m1/s1. The SMILES string of the molecule is CN[C@H](C(=O)N1C[C@H](O)C[C@H]1c1ncc(-c2cncn2C)[nH]1)C(C)(C)C. The van der Waals surface area contributed by atoms with Crippen molar-refractivity contribution in [2.45, 2.75) is 45.4 Å². The molecule has 26 heavy (non-hydrogen) atoms. The van der Waals surface area contributed by atoms with Gasteiger partial charge in [-0.05, 0) is 12.5 Å². The molecule has 1 aliphatic rings. The van der Waals surface area contributed by atoms with Crippen LogP contribution in [0.25, 0.3) is 11.4 Å². The van der Waals surface area contributed by atoms with E-state index in [1.165, 1.54) is 0 Å². The molecule has 3 rings (SSSR count). The number of amides is 1. The Morgan fingerprint density at radius 1 is 1.42 bits per heavy atom. The molecule has 0 radical (unpaired) electrons. The number of carbonyl (C=O) groups is 1. The van der Waals surface area contributed by atoms with E-state index >= 15 is 0 Å². The molecular weight excluding hydrogens is 332 g/mol. The number of aliphatic hydroxyl groups excluding tert-OH is 1. The van der Waals surface area contributed by atoms with Gasteiger partial charge in [0.25, 0.3) is 0 Å². The predicted molar refractivity (Wildman–Crippen MR) is 98.2 cm³/mol. The third-order valence-electron chi connectivity index (χ3n) is 4.97. The van der Waals surface area contributed by atoms with E-state index in [0.717, 1.165) is 11.4 Å². The van der Waals surface area contributed by atoms with Crippen molar-refractivity contribution < 1.29 is 9.90 Å². The summed E-state index contributed by atoms with van der Waals surface area (Å²) in [6.07, 6.45) is 5.17. The fourth-order valence-corrected chi connectivity index (χ4v) is 3.66. The van der Waals surface area contributed by atoms with Crippen molar-refractivity contribution in [3.8, 4) is 11.4 Å². The Morgan fingerprint density at radius 2 is 2.15 bits per heavy atom. The van der Waals surface area contributed by atoms with Crippen LogP contribution in [-0.4, -0.2) is 61.2 Å². The van der Waals surface area contributed by atoms with E-state index in [1.54, 1.807) is 30.7 Å². The number of H-pyrrole nitrogens is 1. The monoisotopic (exact) mass is 360 g/mol. The number of hydrogen-bond donors (Lipinski definition) is 3. The van der Waals surface area contributed by atoms with Gasteiger partial charge in [0.05, 0.1) is 48.3 Å². The van der Waals surface area contributed by atoms with Gasteiger partial charge in [0.1, 0.15) is 5.82 Å². The summed E-state index contributed by atoms with van der Waals surface area (Å²) in [5.41, 5.74) is 1.53. The second-order valence-corrected chi connectivity index (χ2v) is 8.06. The summed E-state index contributed by atoms with van der Waals surface area (Å²) in [6.45, 7) is 6.41. The summed E-state index contributed by atoms with van der Waals surface area (Å²) >= 11 is 0. The highest BCUT2D eigenvalue weighted by Crippen LogP contribution is 2.34. The van der Waals surface area contributed by atoms with Crippen molar-refractivity contribution in [2.75, 3.05) is 13.6 Å². The fraction of sp³-hybridized carbons (Fsp3) is 0.611. The molecule has 2 aromatic rings. The van der Waals surface area contributed by atoms with Crippen molar-refractivity contribution in [3.05, 3.63) is 24.5 Å². The van der Waals surface area contributed by atoms with Gasteiger partial charge in [-0.3, -0.25) is 4.79 Å². The molecule has 3 N–H and O–H groups in total. The summed E-state index contributed by atoms with van der Waals surface area (Å²) in [6, 6.07) is -0.598. The largest absolute Gasteiger partial charge is 0.391 e. The van der Waals surface area contributed by atoms with Crippen LogP contribution in [0.2, 0.25) is 0 Å². The van der Waals surface area contributed by atoms with Crippen molar-refractivity contribution in [2.24, 2.45) is 12.5 Å². The van der Waals surface area contributed by atoms with Crippen molar-refractivity contribution in [3.63, 3.8) is 0 Å². The lowest BCUT2D eigenvalue weighted by molar-refractivity contribution is -0.137. The number of rotatable bonds is 4. The van der Waals surface area contributed by atoms with E-state index in [4.69, 9.17) is 0 Å². The van der Waals surface area contributed by atoms with Crippen LogP contribution in [0.4, 0.5) is 0 Å². The molecule has 0 aromatic carbocycles. The molecule has 2 aromatic heterocycles. The summed E-state index contributed by atoms with van der Waals surface area (Å²) in [7, 11) is 3.71. The Kier molecular flexibility index (Phi) is 4.90. The Balaban J connectivity index is 1.88. The molecule has 8 nitrogen and oxygen atoms in total. The Bertz CT molecular complexity index is 775. The average Bonchev–Trinajstić information content (AvgIpc) is 3.25. The maximum atomic E-state index is 13.1. The molecule has 1 amide bonds. The van der Waals surface area contributed by atoms with Gasteiger partial charge in [0.15, 0.2) is 0 Å². The Hall–Kier alpha value is -2.19. The normalized spacial score (nSPS) is 22.0. The van der Waals surface area contributed by atoms with Crippen LogP contribution in [-0.2, 0) is 11.8 Å². The molecule has 0 aliphatic carbocycles. The Morgan fingerprint density at radius 3 is 2.73 bits per heavy atom. The number of nitrogens with zero attached hydrogens (tertiary/aromatic N) is 4. The molecule has 1 fully saturated rings. The second-order valence-electron chi connectivity index (χ2n) is 8.06. The van der Waals surface area contributed by atoms with E-state index in [2.05, 4.69) is 20.3 Å². The third-order valence-corrected chi connectivity index (χ3v) is 4.97. The summed E-state index contributed by atoms with van der Waals surface area (Å²) in [4.78, 5) is 26.8. The van der Waals surface area contributed by atoms with Gasteiger partial charge in [0, 0.05) is 20.0 Å². The first-order valence-corrected chi connectivity index (χ1v) is 8.89. The lowest BCUT2D eigenvalue weighted by Crippen LogP contribution is -2.52. The average molecular weight is 360 g/mol. The zero-order chi connectivity index (χ0) is 19.1. The Labute approximate surface area is 153 Å². The number of likely N-dealkylation sites (N-methyl/N-ethyl adjacent to an activating group) is 1. The number of imidazole rings is 2. The van der Waals surface area contributed by atoms with Crippen LogP contribution >= 0.6 is 0 Å². The molecule has 0 unspecified atom stereocenters. The molecule has 0 spiro atoms. The van der Waals surface area contributed by atoms with Gasteiger partial charge in [-0.2, -0.15) is 0 Å². The number of aryl methyl sites for hydroxylation is 1. The summed E-state index contributed by atoms with van der Waals surface area (Å²) in [5, 5.41) is 13.3. The maximum Gasteiger partial charge on any atom is 0.240 e. The minimum absolute atomic E-state index is 0.0139. The number of aliphatic hydroxyl groups is 1.